The zero-order valence-corrected chi connectivity index (χ0v) is 10.7. The summed E-state index contributed by atoms with van der Waals surface area (Å²) in [5.41, 5.74) is -0.909. The van der Waals surface area contributed by atoms with Crippen molar-refractivity contribution in [2.45, 2.75) is 19.4 Å². The number of hydrogen-bond donors (Lipinski definition) is 2. The Hall–Kier alpha value is -0.460. The first-order valence-corrected chi connectivity index (χ1v) is 7.02. The first-order chi connectivity index (χ1) is 7.48. The third kappa shape index (κ3) is 3.54. The Labute approximate surface area is 98.7 Å². The summed E-state index contributed by atoms with van der Waals surface area (Å²) in [5.74, 6) is 0.477. The number of nitrogens with zero attached hydrogens (tertiary/aromatic N) is 1. The molecule has 0 bridgehead atoms. The lowest BCUT2D eigenvalue weighted by Crippen LogP contribution is -2.58. The summed E-state index contributed by atoms with van der Waals surface area (Å²) in [4.78, 5) is 13.3. The summed E-state index contributed by atoms with van der Waals surface area (Å²) in [6.45, 7) is 6.13. The average molecular weight is 248 g/mol. The molecule has 1 fully saturated rings. The topological polar surface area (TPSA) is 69.6 Å². The summed E-state index contributed by atoms with van der Waals surface area (Å²) in [6.07, 6.45) is 0. The minimum absolute atomic E-state index is 0.466. The van der Waals surface area contributed by atoms with E-state index in [-0.39, 0.29) is 0 Å². The van der Waals surface area contributed by atoms with Crippen molar-refractivity contribution in [1.82, 2.24) is 10.2 Å². The van der Waals surface area contributed by atoms with Gasteiger partial charge in [-0.25, -0.2) is 0 Å². The Balaban J connectivity index is 2.55. The maximum absolute atomic E-state index is 11.2. The molecular weight excluding hydrogens is 228 g/mol. The van der Waals surface area contributed by atoms with Gasteiger partial charge in [-0.05, 0) is 13.5 Å². The van der Waals surface area contributed by atoms with Crippen LogP contribution in [-0.2, 0) is 15.6 Å². The van der Waals surface area contributed by atoms with Gasteiger partial charge in [-0.15, -0.1) is 0 Å². The van der Waals surface area contributed by atoms with E-state index < -0.39 is 22.3 Å². The maximum atomic E-state index is 11.2. The quantitative estimate of drug-likeness (QED) is 0.687. The number of carboxylic acids is 1. The first-order valence-electron chi connectivity index (χ1n) is 5.53. The van der Waals surface area contributed by atoms with Crippen molar-refractivity contribution in [3.63, 3.8) is 0 Å². The Morgan fingerprint density at radius 1 is 1.50 bits per heavy atom. The molecule has 6 heteroatoms. The molecule has 94 valence electrons. The standard InChI is InChI=1S/C10H20N2O3S/c1-3-11-10(2,9(13)14)8-12-4-6-16(15)7-5-12/h11H,3-8H2,1-2H3,(H,13,14). The van der Waals surface area contributed by atoms with Gasteiger partial charge in [0.2, 0.25) is 0 Å². The van der Waals surface area contributed by atoms with Crippen LogP contribution in [0.15, 0.2) is 0 Å². The highest BCUT2D eigenvalue weighted by Crippen LogP contribution is 2.10. The second-order valence-electron chi connectivity index (χ2n) is 4.29. The SMILES string of the molecule is CCNC(C)(CN1CCS(=O)CC1)C(=O)O. The zero-order valence-electron chi connectivity index (χ0n) is 9.86. The monoisotopic (exact) mass is 248 g/mol. The second kappa shape index (κ2) is 5.75. The predicted molar refractivity (Wildman–Crippen MR) is 64.0 cm³/mol. The smallest absolute Gasteiger partial charge is 0.324 e. The molecule has 0 aromatic carbocycles. The first kappa shape index (κ1) is 13.6. The molecule has 0 radical (unpaired) electrons. The summed E-state index contributed by atoms with van der Waals surface area (Å²) in [6, 6.07) is 0. The van der Waals surface area contributed by atoms with Gasteiger partial charge in [0.1, 0.15) is 5.54 Å². The van der Waals surface area contributed by atoms with Gasteiger partial charge in [0.05, 0.1) is 0 Å². The number of rotatable bonds is 5. The molecule has 1 unspecified atom stereocenters. The fraction of sp³-hybridized carbons (Fsp3) is 0.900. The van der Waals surface area contributed by atoms with Gasteiger partial charge in [0.25, 0.3) is 0 Å². The average Bonchev–Trinajstić information content (AvgIpc) is 2.22. The molecule has 0 aliphatic carbocycles. The molecule has 1 atom stereocenters. The number of carboxylic acid groups (broad SMARTS) is 1. The molecule has 0 aromatic heterocycles. The van der Waals surface area contributed by atoms with Crippen LogP contribution in [0.4, 0.5) is 0 Å². The van der Waals surface area contributed by atoms with Crippen molar-refractivity contribution in [3.8, 4) is 0 Å². The van der Waals surface area contributed by atoms with E-state index in [2.05, 4.69) is 10.2 Å². The van der Waals surface area contributed by atoms with Crippen LogP contribution in [-0.4, -0.2) is 63.4 Å². The van der Waals surface area contributed by atoms with Gasteiger partial charge in [-0.2, -0.15) is 0 Å². The van der Waals surface area contributed by atoms with E-state index in [9.17, 15) is 14.1 Å². The molecule has 1 heterocycles. The van der Waals surface area contributed by atoms with Gasteiger partial charge in [-0.3, -0.25) is 13.9 Å². The van der Waals surface area contributed by atoms with Crippen molar-refractivity contribution < 1.29 is 14.1 Å². The molecule has 1 saturated heterocycles. The lowest BCUT2D eigenvalue weighted by atomic mass is 10.0. The van der Waals surface area contributed by atoms with Gasteiger partial charge < -0.3 is 10.4 Å². The predicted octanol–water partition coefficient (Wildman–Crippen LogP) is -0.496. The van der Waals surface area contributed by atoms with Crippen LogP contribution in [0.3, 0.4) is 0 Å². The van der Waals surface area contributed by atoms with Crippen LogP contribution in [0.5, 0.6) is 0 Å². The highest BCUT2D eigenvalue weighted by molar-refractivity contribution is 7.85. The largest absolute Gasteiger partial charge is 0.480 e. The van der Waals surface area contributed by atoms with Crippen molar-refractivity contribution in [1.29, 1.82) is 0 Å². The molecule has 5 nitrogen and oxygen atoms in total. The Kier molecular flexibility index (Phi) is 4.89. The van der Waals surface area contributed by atoms with E-state index in [0.717, 1.165) is 13.1 Å². The van der Waals surface area contributed by atoms with E-state index in [1.54, 1.807) is 6.92 Å². The van der Waals surface area contributed by atoms with E-state index in [0.29, 0.717) is 24.6 Å². The van der Waals surface area contributed by atoms with Crippen LogP contribution in [0.25, 0.3) is 0 Å². The maximum Gasteiger partial charge on any atom is 0.324 e. The number of hydrogen-bond acceptors (Lipinski definition) is 4. The summed E-state index contributed by atoms with van der Waals surface area (Å²) >= 11 is 0. The van der Waals surface area contributed by atoms with Crippen molar-refractivity contribution in [2.24, 2.45) is 0 Å². The van der Waals surface area contributed by atoms with Gasteiger partial charge in [-0.1, -0.05) is 6.92 Å². The number of nitrogens with one attached hydrogen (secondary N) is 1. The third-order valence-corrected chi connectivity index (χ3v) is 4.13. The van der Waals surface area contributed by atoms with Crippen molar-refractivity contribution >= 4 is 16.8 Å². The molecule has 0 spiro atoms. The fourth-order valence-corrected chi connectivity index (χ4v) is 3.00. The highest BCUT2D eigenvalue weighted by Gasteiger charge is 2.34. The molecule has 0 amide bonds. The fourth-order valence-electron chi connectivity index (χ4n) is 1.87. The molecule has 1 rings (SSSR count). The van der Waals surface area contributed by atoms with E-state index in [1.807, 2.05) is 6.92 Å². The molecule has 1 aliphatic rings. The van der Waals surface area contributed by atoms with Crippen LogP contribution >= 0.6 is 0 Å². The third-order valence-electron chi connectivity index (χ3n) is 2.85. The molecule has 2 N–H and O–H groups in total. The number of carbonyl (C=O) groups is 1. The van der Waals surface area contributed by atoms with Crippen LogP contribution in [0.2, 0.25) is 0 Å². The van der Waals surface area contributed by atoms with E-state index in [1.165, 1.54) is 0 Å². The molecular formula is C10H20N2O3S. The van der Waals surface area contributed by atoms with Gasteiger partial charge in [0.15, 0.2) is 0 Å². The Bertz CT molecular complexity index is 275. The Morgan fingerprint density at radius 2 is 2.06 bits per heavy atom. The van der Waals surface area contributed by atoms with E-state index >= 15 is 0 Å². The molecule has 0 aromatic rings. The van der Waals surface area contributed by atoms with Crippen LogP contribution in [0.1, 0.15) is 13.8 Å². The molecule has 16 heavy (non-hydrogen) atoms. The minimum atomic E-state index is -0.909. The highest BCUT2D eigenvalue weighted by atomic mass is 32.2. The summed E-state index contributed by atoms with van der Waals surface area (Å²) < 4.78 is 11.2. The van der Waals surface area contributed by atoms with Crippen LogP contribution < -0.4 is 5.32 Å². The minimum Gasteiger partial charge on any atom is -0.480 e. The zero-order chi connectivity index (χ0) is 12.2. The summed E-state index contributed by atoms with van der Waals surface area (Å²) in [5, 5.41) is 12.2. The molecule has 0 saturated carbocycles. The van der Waals surface area contributed by atoms with E-state index in [4.69, 9.17) is 0 Å². The molecule has 1 aliphatic heterocycles. The van der Waals surface area contributed by atoms with Crippen molar-refractivity contribution in [2.75, 3.05) is 37.7 Å². The normalized spacial score (nSPS) is 22.9. The Morgan fingerprint density at radius 3 is 2.50 bits per heavy atom. The lowest BCUT2D eigenvalue weighted by Gasteiger charge is -2.34. The van der Waals surface area contributed by atoms with Crippen LogP contribution in [0, 0.1) is 0 Å². The van der Waals surface area contributed by atoms with Gasteiger partial charge >= 0.3 is 5.97 Å². The summed E-state index contributed by atoms with van der Waals surface area (Å²) in [7, 11) is -0.713. The lowest BCUT2D eigenvalue weighted by molar-refractivity contribution is -0.145. The second-order valence-corrected chi connectivity index (χ2v) is 5.99. The number of aliphatic carboxylic acids is 1. The van der Waals surface area contributed by atoms with Crippen molar-refractivity contribution in [3.05, 3.63) is 0 Å². The number of likely N-dealkylation sites (N-methyl/N-ethyl adjacent to an activating group) is 1. The van der Waals surface area contributed by atoms with Gasteiger partial charge in [0, 0.05) is 41.9 Å².